The number of hydrogen-bond donors (Lipinski definition) is 1. The van der Waals surface area contributed by atoms with Crippen LogP contribution in [-0.2, 0) is 4.79 Å². The fraction of sp³-hybridized carbons (Fsp3) is 0.929. The van der Waals surface area contributed by atoms with E-state index in [1.54, 1.807) is 0 Å². The van der Waals surface area contributed by atoms with Crippen LogP contribution in [0.1, 0.15) is 32.6 Å². The summed E-state index contributed by atoms with van der Waals surface area (Å²) in [6.07, 6.45) is 5.36. The number of hydrogen-bond acceptors (Lipinski definition) is 2. The highest BCUT2D eigenvalue weighted by Gasteiger charge is 2.37. The summed E-state index contributed by atoms with van der Waals surface area (Å²) in [5, 5.41) is 3.35. The van der Waals surface area contributed by atoms with Crippen LogP contribution < -0.4 is 5.32 Å². The first kappa shape index (κ1) is 11.5. The average molecular weight is 236 g/mol. The van der Waals surface area contributed by atoms with E-state index in [1.807, 2.05) is 0 Å². The van der Waals surface area contributed by atoms with Crippen molar-refractivity contribution >= 4 is 5.91 Å². The van der Waals surface area contributed by atoms with Crippen LogP contribution in [0.3, 0.4) is 0 Å². The van der Waals surface area contributed by atoms with E-state index in [0.29, 0.717) is 11.8 Å². The van der Waals surface area contributed by atoms with E-state index in [0.717, 1.165) is 38.0 Å². The summed E-state index contributed by atoms with van der Waals surface area (Å²) in [6, 6.07) is 0. The van der Waals surface area contributed by atoms with Gasteiger partial charge < -0.3 is 10.2 Å². The van der Waals surface area contributed by atoms with Gasteiger partial charge in [0.2, 0.25) is 5.91 Å². The van der Waals surface area contributed by atoms with Crippen molar-refractivity contribution < 1.29 is 4.79 Å². The Morgan fingerprint density at radius 3 is 2.12 bits per heavy atom. The summed E-state index contributed by atoms with van der Waals surface area (Å²) in [5.74, 6) is 2.84. The van der Waals surface area contributed by atoms with Gasteiger partial charge in [-0.25, -0.2) is 0 Å². The molecule has 1 N–H and O–H groups in total. The summed E-state index contributed by atoms with van der Waals surface area (Å²) in [4.78, 5) is 14.8. The monoisotopic (exact) mass is 236 g/mol. The van der Waals surface area contributed by atoms with Crippen LogP contribution in [0.15, 0.2) is 0 Å². The maximum atomic E-state index is 12.6. The van der Waals surface area contributed by atoms with Gasteiger partial charge in [-0.1, -0.05) is 6.92 Å². The summed E-state index contributed by atoms with van der Waals surface area (Å²) >= 11 is 0. The van der Waals surface area contributed by atoms with Gasteiger partial charge in [0.05, 0.1) is 5.92 Å². The third-order valence-electron chi connectivity index (χ3n) is 4.50. The van der Waals surface area contributed by atoms with E-state index in [2.05, 4.69) is 17.1 Å². The Morgan fingerprint density at radius 1 is 1.12 bits per heavy atom. The molecular formula is C14H24N2O. The molecule has 0 bridgehead atoms. The fourth-order valence-corrected chi connectivity index (χ4v) is 2.85. The molecule has 3 heteroatoms. The second-order valence-corrected chi connectivity index (χ2v) is 6.37. The van der Waals surface area contributed by atoms with E-state index in [-0.39, 0.29) is 5.92 Å². The highest BCUT2D eigenvalue weighted by Crippen LogP contribution is 2.34. The first-order valence-electron chi connectivity index (χ1n) is 7.23. The van der Waals surface area contributed by atoms with Crippen molar-refractivity contribution in [3.05, 3.63) is 0 Å². The van der Waals surface area contributed by atoms with Crippen molar-refractivity contribution in [3.8, 4) is 0 Å². The molecule has 96 valence electrons. The van der Waals surface area contributed by atoms with E-state index >= 15 is 0 Å². The Morgan fingerprint density at radius 2 is 1.71 bits per heavy atom. The molecule has 0 aromatic heterocycles. The molecule has 1 heterocycles. The minimum atomic E-state index is 0.243. The first-order valence-corrected chi connectivity index (χ1v) is 7.23. The molecule has 0 aromatic carbocycles. The van der Waals surface area contributed by atoms with Gasteiger partial charge in [-0.15, -0.1) is 0 Å². The minimum absolute atomic E-state index is 0.243. The molecule has 3 nitrogen and oxygen atoms in total. The zero-order chi connectivity index (χ0) is 11.8. The zero-order valence-corrected chi connectivity index (χ0v) is 10.8. The summed E-state index contributed by atoms with van der Waals surface area (Å²) in [5.41, 5.74) is 0. The van der Waals surface area contributed by atoms with Gasteiger partial charge in [0.1, 0.15) is 0 Å². The topological polar surface area (TPSA) is 32.3 Å². The smallest absolute Gasteiger partial charge is 0.227 e. The Hall–Kier alpha value is -0.570. The van der Waals surface area contributed by atoms with Crippen molar-refractivity contribution in [2.45, 2.75) is 32.6 Å². The van der Waals surface area contributed by atoms with Crippen molar-refractivity contribution in [1.29, 1.82) is 0 Å². The van der Waals surface area contributed by atoms with Crippen LogP contribution in [0.4, 0.5) is 0 Å². The summed E-state index contributed by atoms with van der Waals surface area (Å²) < 4.78 is 0. The molecular weight excluding hydrogens is 212 g/mol. The van der Waals surface area contributed by atoms with Crippen molar-refractivity contribution in [3.63, 3.8) is 0 Å². The van der Waals surface area contributed by atoms with E-state index in [1.165, 1.54) is 25.7 Å². The second-order valence-electron chi connectivity index (χ2n) is 6.37. The predicted octanol–water partition coefficient (Wildman–Crippen LogP) is 1.49. The second kappa shape index (κ2) is 4.60. The maximum Gasteiger partial charge on any atom is 0.227 e. The number of nitrogens with zero attached hydrogens (tertiary/aromatic N) is 1. The highest BCUT2D eigenvalue weighted by molar-refractivity contribution is 5.79. The molecule has 3 fully saturated rings. The zero-order valence-electron chi connectivity index (χ0n) is 10.8. The van der Waals surface area contributed by atoms with Crippen LogP contribution in [-0.4, -0.2) is 37.0 Å². The van der Waals surface area contributed by atoms with Crippen LogP contribution >= 0.6 is 0 Å². The third-order valence-corrected chi connectivity index (χ3v) is 4.50. The van der Waals surface area contributed by atoms with Crippen LogP contribution in [0.5, 0.6) is 0 Å². The lowest BCUT2D eigenvalue weighted by atomic mass is 9.96. The molecule has 0 radical (unpaired) electrons. The van der Waals surface area contributed by atoms with E-state index in [9.17, 15) is 4.79 Å². The third kappa shape index (κ3) is 2.82. The number of carbonyl (C=O) groups excluding carboxylic acids is 1. The number of nitrogens with one attached hydrogen (secondary N) is 1. The Balaban J connectivity index is 1.60. The predicted molar refractivity (Wildman–Crippen MR) is 67.6 cm³/mol. The minimum Gasteiger partial charge on any atom is -0.342 e. The first-order chi connectivity index (χ1) is 8.24. The molecule has 17 heavy (non-hydrogen) atoms. The molecule has 3 rings (SSSR count). The highest BCUT2D eigenvalue weighted by atomic mass is 16.2. The van der Waals surface area contributed by atoms with Gasteiger partial charge in [0.15, 0.2) is 0 Å². The van der Waals surface area contributed by atoms with Crippen LogP contribution in [0.2, 0.25) is 0 Å². The summed E-state index contributed by atoms with van der Waals surface area (Å²) in [7, 11) is 0. The lowest BCUT2D eigenvalue weighted by Gasteiger charge is -2.27. The maximum absolute atomic E-state index is 12.6. The van der Waals surface area contributed by atoms with Gasteiger partial charge in [0, 0.05) is 19.6 Å². The van der Waals surface area contributed by atoms with Gasteiger partial charge in [-0.05, 0) is 50.0 Å². The molecule has 2 aliphatic carbocycles. The Kier molecular flexibility index (Phi) is 3.12. The Labute approximate surface area is 104 Å². The largest absolute Gasteiger partial charge is 0.342 e. The molecule has 3 aliphatic rings. The SMILES string of the molecule is C[C@@H]1CNC[C@H]1C(=O)N(CC1CC1)CC1CC1. The van der Waals surface area contributed by atoms with Crippen LogP contribution in [0, 0.1) is 23.7 Å². The lowest BCUT2D eigenvalue weighted by molar-refractivity contribution is -0.136. The van der Waals surface area contributed by atoms with Gasteiger partial charge >= 0.3 is 0 Å². The molecule has 1 saturated heterocycles. The van der Waals surface area contributed by atoms with Gasteiger partial charge in [-0.3, -0.25) is 4.79 Å². The number of amides is 1. The Bertz CT molecular complexity index is 283. The normalized spacial score (nSPS) is 32.8. The molecule has 0 aromatic rings. The average Bonchev–Trinajstić information content (AvgIpc) is 3.21. The summed E-state index contributed by atoms with van der Waals surface area (Å²) in [6.45, 7) is 6.19. The van der Waals surface area contributed by atoms with Crippen molar-refractivity contribution in [2.75, 3.05) is 26.2 Å². The van der Waals surface area contributed by atoms with E-state index in [4.69, 9.17) is 0 Å². The van der Waals surface area contributed by atoms with Crippen LogP contribution in [0.25, 0.3) is 0 Å². The molecule has 1 aliphatic heterocycles. The van der Waals surface area contributed by atoms with Crippen molar-refractivity contribution in [2.24, 2.45) is 23.7 Å². The quantitative estimate of drug-likeness (QED) is 0.784. The lowest BCUT2D eigenvalue weighted by Crippen LogP contribution is -2.41. The number of carbonyl (C=O) groups is 1. The molecule has 1 amide bonds. The molecule has 0 unspecified atom stereocenters. The van der Waals surface area contributed by atoms with Crippen molar-refractivity contribution in [1.82, 2.24) is 10.2 Å². The van der Waals surface area contributed by atoms with E-state index < -0.39 is 0 Å². The standard InChI is InChI=1S/C14H24N2O/c1-10-6-15-7-13(10)14(17)16(8-11-2-3-11)9-12-4-5-12/h10-13,15H,2-9H2,1H3/t10-,13-/m1/s1. The molecule has 0 spiro atoms. The fourth-order valence-electron chi connectivity index (χ4n) is 2.85. The number of rotatable bonds is 5. The van der Waals surface area contributed by atoms with Gasteiger partial charge in [0.25, 0.3) is 0 Å². The van der Waals surface area contributed by atoms with Gasteiger partial charge in [-0.2, -0.15) is 0 Å². The molecule has 2 atom stereocenters. The molecule has 2 saturated carbocycles.